The van der Waals surface area contributed by atoms with Crippen LogP contribution in [-0.4, -0.2) is 36.4 Å². The summed E-state index contributed by atoms with van der Waals surface area (Å²) in [6, 6.07) is 25.6. The Morgan fingerprint density at radius 1 is 0.884 bits per heavy atom. The number of benzene rings is 4. The second kappa shape index (κ2) is 9.71. The number of halogens is 1. The molecule has 5 aromatic rings. The molecular weight excluding hydrogens is 551 g/mol. The molecule has 0 saturated carbocycles. The number of nitrogens with one attached hydrogen (secondary N) is 1. The lowest BCUT2D eigenvalue weighted by Crippen LogP contribution is -2.49. The Hall–Kier alpha value is -5.15. The van der Waals surface area contributed by atoms with E-state index in [-0.39, 0.29) is 17.1 Å². The highest BCUT2D eigenvalue weighted by Crippen LogP contribution is 2.69. The molecule has 0 amide bonds. The van der Waals surface area contributed by atoms with Gasteiger partial charge >= 0.3 is 0 Å². The quantitative estimate of drug-likeness (QED) is 0.283. The third-order valence-corrected chi connectivity index (χ3v) is 8.43. The second-order valence-corrected chi connectivity index (χ2v) is 10.5. The van der Waals surface area contributed by atoms with E-state index in [1.807, 2.05) is 42.5 Å². The number of hydrogen-bond acceptors (Lipinski definition) is 7. The molecule has 7 rings (SSSR count). The zero-order valence-electron chi connectivity index (χ0n) is 23.6. The second-order valence-electron chi connectivity index (χ2n) is 10.5. The molecule has 1 aliphatic carbocycles. The minimum absolute atomic E-state index is 0.113. The summed E-state index contributed by atoms with van der Waals surface area (Å²) in [6.45, 7) is 0. The number of hydrogen-bond donors (Lipinski definition) is 2. The summed E-state index contributed by atoms with van der Waals surface area (Å²) in [5.41, 5.74) is -1.61. The highest BCUT2D eigenvalue weighted by molar-refractivity contribution is 5.69. The molecule has 9 heteroatoms. The van der Waals surface area contributed by atoms with Crippen LogP contribution in [0.4, 0.5) is 4.39 Å². The van der Waals surface area contributed by atoms with Crippen LogP contribution in [0, 0.1) is 5.82 Å². The standard InChI is InChI=1S/C34H27FN2O6/c1-40-23-15-11-21(12-16-23)34-28(19-7-5-4-6-8-19)27-30(36-31(37-32(27)38)20-9-13-22(35)14-10-20)33(34,39)29-25(42-3)17-24(41-2)18-26(29)43-34/h4-18,28,39H,1-3H3,(H,36,37,38). The van der Waals surface area contributed by atoms with Crippen LogP contribution in [0.1, 0.15) is 33.9 Å². The highest BCUT2D eigenvalue weighted by Gasteiger charge is 2.73. The fourth-order valence-corrected chi connectivity index (χ4v) is 6.57. The van der Waals surface area contributed by atoms with Gasteiger partial charge in [0.05, 0.1) is 44.1 Å². The van der Waals surface area contributed by atoms with Gasteiger partial charge in [-0.15, -0.1) is 0 Å². The Kier molecular flexibility index (Phi) is 6.03. The normalized spacial score (nSPS) is 21.4. The number of aliphatic hydroxyl groups is 1. The van der Waals surface area contributed by atoms with Gasteiger partial charge in [-0.05, 0) is 42.0 Å². The molecule has 0 radical (unpaired) electrons. The first kappa shape index (κ1) is 26.7. The first-order valence-corrected chi connectivity index (χ1v) is 13.6. The fourth-order valence-electron chi connectivity index (χ4n) is 6.57. The summed E-state index contributed by atoms with van der Waals surface area (Å²) in [5, 5.41) is 13.4. The molecule has 2 N–H and O–H groups in total. The smallest absolute Gasteiger partial charge is 0.255 e. The van der Waals surface area contributed by atoms with Crippen LogP contribution in [0.3, 0.4) is 0 Å². The Morgan fingerprint density at radius 3 is 2.23 bits per heavy atom. The molecule has 43 heavy (non-hydrogen) atoms. The van der Waals surface area contributed by atoms with E-state index in [2.05, 4.69) is 4.98 Å². The Morgan fingerprint density at radius 2 is 1.58 bits per heavy atom. The van der Waals surface area contributed by atoms with E-state index in [9.17, 15) is 14.3 Å². The summed E-state index contributed by atoms with van der Waals surface area (Å²) >= 11 is 0. The fraction of sp³-hybridized carbons (Fsp3) is 0.176. The van der Waals surface area contributed by atoms with Crippen molar-refractivity contribution in [2.45, 2.75) is 17.1 Å². The van der Waals surface area contributed by atoms with Crippen molar-refractivity contribution in [2.24, 2.45) is 0 Å². The summed E-state index contributed by atoms with van der Waals surface area (Å²) in [4.78, 5) is 21.9. The van der Waals surface area contributed by atoms with Crippen LogP contribution in [0.2, 0.25) is 0 Å². The van der Waals surface area contributed by atoms with Crippen LogP contribution in [0.15, 0.2) is 95.8 Å². The maximum atomic E-state index is 14.2. The molecule has 0 bridgehead atoms. The van der Waals surface area contributed by atoms with Gasteiger partial charge < -0.3 is 29.0 Å². The number of methoxy groups -OCH3 is 3. The van der Waals surface area contributed by atoms with E-state index in [0.29, 0.717) is 39.7 Å². The summed E-state index contributed by atoms with van der Waals surface area (Å²) in [7, 11) is 4.59. The lowest BCUT2D eigenvalue weighted by Gasteiger charge is -2.40. The summed E-state index contributed by atoms with van der Waals surface area (Å²) in [5.74, 6) is 0.638. The zero-order chi connectivity index (χ0) is 29.9. The lowest BCUT2D eigenvalue weighted by atomic mass is 9.70. The van der Waals surface area contributed by atoms with Gasteiger partial charge in [-0.1, -0.05) is 42.5 Å². The predicted octanol–water partition coefficient (Wildman–Crippen LogP) is 5.27. The number of fused-ring (bicyclic) bond motifs is 5. The van der Waals surface area contributed by atoms with Gasteiger partial charge in [0.2, 0.25) is 0 Å². The van der Waals surface area contributed by atoms with Gasteiger partial charge in [-0.3, -0.25) is 4.79 Å². The third kappa shape index (κ3) is 3.64. The Labute approximate surface area is 246 Å². The first-order valence-electron chi connectivity index (χ1n) is 13.6. The highest BCUT2D eigenvalue weighted by atomic mass is 19.1. The molecule has 4 aromatic carbocycles. The minimum atomic E-state index is -2.02. The van der Waals surface area contributed by atoms with Gasteiger partial charge in [0.15, 0.2) is 11.2 Å². The number of aromatic amines is 1. The van der Waals surface area contributed by atoms with Crippen LogP contribution in [0.5, 0.6) is 23.0 Å². The van der Waals surface area contributed by atoms with Gasteiger partial charge in [0.1, 0.15) is 34.6 Å². The van der Waals surface area contributed by atoms with Gasteiger partial charge in [-0.2, -0.15) is 0 Å². The van der Waals surface area contributed by atoms with E-state index in [4.69, 9.17) is 23.9 Å². The van der Waals surface area contributed by atoms with E-state index in [1.54, 1.807) is 31.4 Å². The molecule has 0 saturated heterocycles. The SMILES string of the molecule is COc1ccc(C23Oc4cc(OC)cc(OC)c4C2(O)c2nc(-c4ccc(F)cc4)[nH]c(=O)c2C3c2ccccc2)cc1. The molecule has 216 valence electrons. The molecule has 1 aliphatic heterocycles. The molecule has 2 aliphatic rings. The number of rotatable bonds is 6. The summed E-state index contributed by atoms with van der Waals surface area (Å²) < 4.78 is 37.5. The summed E-state index contributed by atoms with van der Waals surface area (Å²) in [6.07, 6.45) is 0. The molecule has 0 fully saturated rings. The number of nitrogens with zero attached hydrogens (tertiary/aromatic N) is 1. The maximum Gasteiger partial charge on any atom is 0.255 e. The van der Waals surface area contributed by atoms with Crippen molar-refractivity contribution in [1.29, 1.82) is 0 Å². The zero-order valence-corrected chi connectivity index (χ0v) is 23.6. The van der Waals surface area contributed by atoms with Crippen LogP contribution < -0.4 is 24.5 Å². The van der Waals surface area contributed by atoms with Crippen molar-refractivity contribution in [3.63, 3.8) is 0 Å². The van der Waals surface area contributed by atoms with Crippen LogP contribution >= 0.6 is 0 Å². The molecule has 8 nitrogen and oxygen atoms in total. The van der Waals surface area contributed by atoms with Crippen LogP contribution in [-0.2, 0) is 11.2 Å². The van der Waals surface area contributed by atoms with Crippen molar-refractivity contribution in [3.05, 3.63) is 135 Å². The molecular formula is C34H27FN2O6. The number of ether oxygens (including phenoxy) is 4. The largest absolute Gasteiger partial charge is 0.497 e. The first-order chi connectivity index (χ1) is 20.8. The van der Waals surface area contributed by atoms with Crippen molar-refractivity contribution >= 4 is 0 Å². The molecule has 3 atom stereocenters. The predicted molar refractivity (Wildman–Crippen MR) is 156 cm³/mol. The molecule has 3 unspecified atom stereocenters. The topological polar surface area (TPSA) is 103 Å². The molecule has 2 heterocycles. The molecule has 0 spiro atoms. The van der Waals surface area contributed by atoms with Crippen molar-refractivity contribution in [2.75, 3.05) is 21.3 Å². The number of aromatic nitrogens is 2. The van der Waals surface area contributed by atoms with Gasteiger partial charge in [0, 0.05) is 23.3 Å². The van der Waals surface area contributed by atoms with Crippen molar-refractivity contribution < 1.29 is 28.4 Å². The molecule has 1 aromatic heterocycles. The van der Waals surface area contributed by atoms with Gasteiger partial charge in [-0.25, -0.2) is 9.37 Å². The Bertz CT molecular complexity index is 1910. The lowest BCUT2D eigenvalue weighted by molar-refractivity contribution is -0.0909. The van der Waals surface area contributed by atoms with Crippen molar-refractivity contribution in [3.8, 4) is 34.4 Å². The van der Waals surface area contributed by atoms with E-state index in [0.717, 1.165) is 5.56 Å². The van der Waals surface area contributed by atoms with E-state index >= 15 is 0 Å². The average molecular weight is 579 g/mol. The van der Waals surface area contributed by atoms with Gasteiger partial charge in [0.25, 0.3) is 5.56 Å². The monoisotopic (exact) mass is 578 g/mol. The van der Waals surface area contributed by atoms with Crippen molar-refractivity contribution in [1.82, 2.24) is 9.97 Å². The number of H-pyrrole nitrogens is 1. The van der Waals surface area contributed by atoms with E-state index < -0.39 is 28.5 Å². The third-order valence-electron chi connectivity index (χ3n) is 8.43. The average Bonchev–Trinajstić information content (AvgIpc) is 3.44. The van der Waals surface area contributed by atoms with E-state index in [1.165, 1.54) is 38.5 Å². The van der Waals surface area contributed by atoms with Crippen LogP contribution in [0.25, 0.3) is 11.4 Å². The Balaban J connectivity index is 1.63. The minimum Gasteiger partial charge on any atom is -0.497 e. The maximum absolute atomic E-state index is 14.2.